The minimum Gasteiger partial charge on any atom is -0.484 e. The molecule has 0 fully saturated rings. The van der Waals surface area contributed by atoms with Crippen LogP contribution in [0.2, 0.25) is 5.02 Å². The summed E-state index contributed by atoms with van der Waals surface area (Å²) >= 11 is 5.56. The molecule has 2 aromatic carbocycles. The fraction of sp³-hybridized carbons (Fsp3) is 0.133. The first-order chi connectivity index (χ1) is 9.95. The van der Waals surface area contributed by atoms with E-state index in [1.165, 1.54) is 12.1 Å². The van der Waals surface area contributed by atoms with Gasteiger partial charge in [0.1, 0.15) is 11.6 Å². The van der Waals surface area contributed by atoms with Gasteiger partial charge in [-0.15, -0.1) is 0 Å². The van der Waals surface area contributed by atoms with Crippen LogP contribution in [0.1, 0.15) is 5.56 Å². The summed E-state index contributed by atoms with van der Waals surface area (Å²) in [7, 11) is 0. The molecule has 0 aliphatic carbocycles. The SMILES string of the molecule is Cc1ccc(NC(=O)COc2ccc(Cl)c(F)c2)cc1N. The zero-order chi connectivity index (χ0) is 15.4. The van der Waals surface area contributed by atoms with Gasteiger partial charge in [0.2, 0.25) is 0 Å². The summed E-state index contributed by atoms with van der Waals surface area (Å²) in [6.07, 6.45) is 0. The Morgan fingerprint density at radius 3 is 2.76 bits per heavy atom. The van der Waals surface area contributed by atoms with E-state index in [4.69, 9.17) is 22.1 Å². The van der Waals surface area contributed by atoms with Crippen molar-refractivity contribution in [3.63, 3.8) is 0 Å². The lowest BCUT2D eigenvalue weighted by Gasteiger charge is -2.09. The number of nitrogen functional groups attached to an aromatic ring is 1. The average molecular weight is 309 g/mol. The largest absolute Gasteiger partial charge is 0.484 e. The fourth-order valence-electron chi connectivity index (χ4n) is 1.63. The van der Waals surface area contributed by atoms with Gasteiger partial charge in [-0.3, -0.25) is 4.79 Å². The molecule has 0 bridgehead atoms. The third-order valence-electron chi connectivity index (χ3n) is 2.82. The Bertz CT molecular complexity index is 677. The van der Waals surface area contributed by atoms with Crippen LogP contribution in [-0.2, 0) is 4.79 Å². The number of hydrogen-bond donors (Lipinski definition) is 2. The number of benzene rings is 2. The second-order valence-corrected chi connectivity index (χ2v) is 4.89. The average Bonchev–Trinajstić information content (AvgIpc) is 2.44. The van der Waals surface area contributed by atoms with Crippen molar-refractivity contribution in [2.75, 3.05) is 17.7 Å². The van der Waals surface area contributed by atoms with Crippen molar-refractivity contribution in [1.82, 2.24) is 0 Å². The molecule has 0 saturated carbocycles. The predicted octanol–water partition coefficient (Wildman–Crippen LogP) is 3.39. The molecule has 21 heavy (non-hydrogen) atoms. The van der Waals surface area contributed by atoms with Crippen LogP contribution in [0.5, 0.6) is 5.75 Å². The molecule has 2 rings (SSSR count). The van der Waals surface area contributed by atoms with Crippen LogP contribution in [0.15, 0.2) is 36.4 Å². The smallest absolute Gasteiger partial charge is 0.262 e. The van der Waals surface area contributed by atoms with E-state index in [-0.39, 0.29) is 23.3 Å². The molecule has 0 spiro atoms. The van der Waals surface area contributed by atoms with Crippen molar-refractivity contribution in [2.45, 2.75) is 6.92 Å². The number of aryl methyl sites for hydroxylation is 1. The van der Waals surface area contributed by atoms with Crippen molar-refractivity contribution < 1.29 is 13.9 Å². The molecular formula is C15H14ClFN2O2. The molecule has 0 aliphatic rings. The second-order valence-electron chi connectivity index (χ2n) is 4.48. The summed E-state index contributed by atoms with van der Waals surface area (Å²) in [5.74, 6) is -0.732. The van der Waals surface area contributed by atoms with Crippen molar-refractivity contribution in [1.29, 1.82) is 0 Å². The minimum absolute atomic E-state index is 0.00179. The summed E-state index contributed by atoms with van der Waals surface area (Å²) in [6.45, 7) is 1.63. The molecule has 0 unspecified atom stereocenters. The number of carbonyl (C=O) groups excluding carboxylic acids is 1. The lowest BCUT2D eigenvalue weighted by molar-refractivity contribution is -0.118. The topological polar surface area (TPSA) is 64.3 Å². The van der Waals surface area contributed by atoms with E-state index in [0.29, 0.717) is 11.4 Å². The quantitative estimate of drug-likeness (QED) is 0.851. The Hall–Kier alpha value is -2.27. The van der Waals surface area contributed by atoms with Gasteiger partial charge in [-0.05, 0) is 36.8 Å². The maximum atomic E-state index is 13.2. The Labute approximate surface area is 126 Å². The molecule has 2 aromatic rings. The lowest BCUT2D eigenvalue weighted by Crippen LogP contribution is -2.20. The van der Waals surface area contributed by atoms with E-state index in [1.807, 2.05) is 6.92 Å². The summed E-state index contributed by atoms with van der Waals surface area (Å²) in [5, 5.41) is 2.64. The molecule has 110 valence electrons. The van der Waals surface area contributed by atoms with Crippen LogP contribution in [0, 0.1) is 12.7 Å². The lowest BCUT2D eigenvalue weighted by atomic mass is 10.2. The summed E-state index contributed by atoms with van der Waals surface area (Å²) in [6, 6.07) is 9.19. The van der Waals surface area contributed by atoms with Crippen LogP contribution in [0.25, 0.3) is 0 Å². The Balaban J connectivity index is 1.92. The second kappa shape index (κ2) is 6.45. The molecule has 3 N–H and O–H groups in total. The molecule has 0 atom stereocenters. The van der Waals surface area contributed by atoms with Crippen LogP contribution >= 0.6 is 11.6 Å². The van der Waals surface area contributed by atoms with Gasteiger partial charge >= 0.3 is 0 Å². The monoisotopic (exact) mass is 308 g/mol. The van der Waals surface area contributed by atoms with Crippen LogP contribution in [-0.4, -0.2) is 12.5 Å². The van der Waals surface area contributed by atoms with Gasteiger partial charge in [0.25, 0.3) is 5.91 Å². The first-order valence-corrected chi connectivity index (χ1v) is 6.57. The van der Waals surface area contributed by atoms with Crippen molar-refractivity contribution in [2.24, 2.45) is 0 Å². The van der Waals surface area contributed by atoms with Gasteiger partial charge in [0.05, 0.1) is 5.02 Å². The molecule has 0 radical (unpaired) electrons. The van der Waals surface area contributed by atoms with Crippen LogP contribution in [0.3, 0.4) is 0 Å². The van der Waals surface area contributed by atoms with Crippen molar-refractivity contribution >= 4 is 28.9 Å². The van der Waals surface area contributed by atoms with Gasteiger partial charge in [-0.25, -0.2) is 4.39 Å². The number of carbonyl (C=O) groups is 1. The van der Waals surface area contributed by atoms with Crippen LogP contribution < -0.4 is 15.8 Å². The summed E-state index contributed by atoms with van der Waals surface area (Å²) in [4.78, 5) is 11.7. The Kier molecular flexibility index (Phi) is 4.65. The molecule has 0 heterocycles. The first kappa shape index (κ1) is 15.1. The standard InChI is InChI=1S/C15H14ClFN2O2/c1-9-2-3-10(6-14(9)18)19-15(20)8-21-11-4-5-12(16)13(17)7-11/h2-7H,8,18H2,1H3,(H,19,20). The molecular weight excluding hydrogens is 295 g/mol. The Morgan fingerprint density at radius 2 is 2.10 bits per heavy atom. The third-order valence-corrected chi connectivity index (χ3v) is 3.13. The molecule has 1 amide bonds. The van der Waals surface area contributed by atoms with E-state index >= 15 is 0 Å². The minimum atomic E-state index is -0.596. The highest BCUT2D eigenvalue weighted by Gasteiger charge is 2.06. The van der Waals surface area contributed by atoms with Crippen molar-refractivity contribution in [3.8, 4) is 5.75 Å². The van der Waals surface area contributed by atoms with Gasteiger partial charge in [0, 0.05) is 17.4 Å². The number of halogens is 2. The van der Waals surface area contributed by atoms with Gasteiger partial charge < -0.3 is 15.8 Å². The van der Waals surface area contributed by atoms with Gasteiger partial charge in [0.15, 0.2) is 6.61 Å². The van der Waals surface area contributed by atoms with Gasteiger partial charge in [-0.2, -0.15) is 0 Å². The van der Waals surface area contributed by atoms with E-state index in [2.05, 4.69) is 5.32 Å². The molecule has 0 saturated heterocycles. The zero-order valence-corrected chi connectivity index (χ0v) is 12.1. The number of nitrogens with one attached hydrogen (secondary N) is 1. The van der Waals surface area contributed by atoms with E-state index in [0.717, 1.165) is 11.6 Å². The number of hydrogen-bond acceptors (Lipinski definition) is 3. The van der Waals surface area contributed by atoms with Crippen LogP contribution in [0.4, 0.5) is 15.8 Å². The number of anilines is 2. The Morgan fingerprint density at radius 1 is 1.33 bits per heavy atom. The van der Waals surface area contributed by atoms with Crippen molar-refractivity contribution in [3.05, 3.63) is 52.8 Å². The number of rotatable bonds is 4. The summed E-state index contributed by atoms with van der Waals surface area (Å²) in [5.41, 5.74) is 7.86. The highest BCUT2D eigenvalue weighted by atomic mass is 35.5. The number of nitrogens with two attached hydrogens (primary N) is 1. The molecule has 6 heteroatoms. The summed E-state index contributed by atoms with van der Waals surface area (Å²) < 4.78 is 18.4. The maximum Gasteiger partial charge on any atom is 0.262 e. The highest BCUT2D eigenvalue weighted by molar-refractivity contribution is 6.30. The fourth-order valence-corrected chi connectivity index (χ4v) is 1.75. The number of ether oxygens (including phenoxy) is 1. The molecule has 4 nitrogen and oxygen atoms in total. The number of amides is 1. The normalized spacial score (nSPS) is 10.2. The van der Waals surface area contributed by atoms with E-state index < -0.39 is 5.82 Å². The molecule has 0 aliphatic heterocycles. The third kappa shape index (κ3) is 4.10. The van der Waals surface area contributed by atoms with E-state index in [9.17, 15) is 9.18 Å². The maximum absolute atomic E-state index is 13.2. The zero-order valence-electron chi connectivity index (χ0n) is 11.3. The first-order valence-electron chi connectivity index (χ1n) is 6.19. The highest BCUT2D eigenvalue weighted by Crippen LogP contribution is 2.20. The van der Waals surface area contributed by atoms with Gasteiger partial charge in [-0.1, -0.05) is 17.7 Å². The van der Waals surface area contributed by atoms with E-state index in [1.54, 1.807) is 18.2 Å². The molecule has 0 aromatic heterocycles. The predicted molar refractivity (Wildman–Crippen MR) is 81.1 cm³/mol.